The molecule has 0 bridgehead atoms. The number of benzene rings is 2. The van der Waals surface area contributed by atoms with Crippen LogP contribution < -0.4 is 10.6 Å². The van der Waals surface area contributed by atoms with E-state index in [-0.39, 0.29) is 43.2 Å². The van der Waals surface area contributed by atoms with E-state index in [4.69, 9.17) is 9.84 Å². The monoisotopic (exact) mass is 448 g/mol. The zero-order chi connectivity index (χ0) is 23.0. The minimum absolute atomic E-state index is 0.0167. The Morgan fingerprint density at radius 1 is 1.00 bits per heavy atom. The zero-order valence-electron chi connectivity index (χ0n) is 18.4. The van der Waals surface area contributed by atoms with Crippen molar-refractivity contribution in [1.29, 1.82) is 0 Å². The molecule has 3 aliphatic rings. The molecule has 2 fully saturated rings. The number of hydrogen-bond donors (Lipinski definition) is 3. The normalized spacial score (nSPS) is 18.5. The van der Waals surface area contributed by atoms with Gasteiger partial charge in [0.1, 0.15) is 6.61 Å². The van der Waals surface area contributed by atoms with Crippen LogP contribution in [0.2, 0.25) is 0 Å². The highest BCUT2D eigenvalue weighted by atomic mass is 16.5. The highest BCUT2D eigenvalue weighted by Gasteiger charge is 2.47. The van der Waals surface area contributed by atoms with Crippen LogP contribution in [0.1, 0.15) is 55.6 Å². The summed E-state index contributed by atoms with van der Waals surface area (Å²) in [6.45, 7) is 0.227. The maximum absolute atomic E-state index is 12.6. The van der Waals surface area contributed by atoms with E-state index in [2.05, 4.69) is 34.9 Å². The van der Waals surface area contributed by atoms with Gasteiger partial charge < -0.3 is 20.5 Å². The summed E-state index contributed by atoms with van der Waals surface area (Å²) in [5.41, 5.74) is 4.05. The van der Waals surface area contributed by atoms with E-state index in [1.165, 1.54) is 11.1 Å². The fourth-order valence-corrected chi connectivity index (χ4v) is 4.94. The van der Waals surface area contributed by atoms with Crippen molar-refractivity contribution >= 4 is 18.0 Å². The SMILES string of the molecule is O=C(O)CC(NC(=O)CC1(NC(=O)OCC2c3ccccc3-c3ccccc32)CC1)C1CC1. The molecule has 2 aromatic carbocycles. The lowest BCUT2D eigenvalue weighted by molar-refractivity contribution is -0.137. The molecule has 172 valence electrons. The van der Waals surface area contributed by atoms with Gasteiger partial charge in [-0.1, -0.05) is 48.5 Å². The van der Waals surface area contributed by atoms with E-state index in [1.54, 1.807) is 0 Å². The van der Waals surface area contributed by atoms with Crippen LogP contribution in [-0.4, -0.2) is 41.3 Å². The third-order valence-corrected chi connectivity index (χ3v) is 7.00. The fourth-order valence-electron chi connectivity index (χ4n) is 4.94. The molecule has 0 heterocycles. The van der Waals surface area contributed by atoms with Crippen molar-refractivity contribution in [2.75, 3.05) is 6.61 Å². The summed E-state index contributed by atoms with van der Waals surface area (Å²) >= 11 is 0. The number of carboxylic acids is 1. The van der Waals surface area contributed by atoms with Crippen LogP contribution >= 0.6 is 0 Å². The largest absolute Gasteiger partial charge is 0.481 e. The van der Waals surface area contributed by atoms with Gasteiger partial charge in [-0.3, -0.25) is 9.59 Å². The van der Waals surface area contributed by atoms with Crippen LogP contribution in [0.3, 0.4) is 0 Å². The van der Waals surface area contributed by atoms with Gasteiger partial charge >= 0.3 is 12.1 Å². The zero-order valence-corrected chi connectivity index (χ0v) is 18.4. The first kappa shape index (κ1) is 21.5. The molecule has 2 saturated carbocycles. The Balaban J connectivity index is 1.16. The Labute approximate surface area is 192 Å². The number of carboxylic acid groups (broad SMARTS) is 1. The molecule has 2 amide bonds. The maximum atomic E-state index is 12.6. The number of hydrogen-bond acceptors (Lipinski definition) is 4. The van der Waals surface area contributed by atoms with Gasteiger partial charge in [0.15, 0.2) is 0 Å². The van der Waals surface area contributed by atoms with Crippen molar-refractivity contribution in [3.8, 4) is 11.1 Å². The number of carbonyl (C=O) groups excluding carboxylic acids is 2. The Kier molecular flexibility index (Phi) is 5.56. The number of fused-ring (bicyclic) bond motifs is 3. The van der Waals surface area contributed by atoms with Crippen molar-refractivity contribution in [2.24, 2.45) is 5.92 Å². The lowest BCUT2D eigenvalue weighted by atomic mass is 9.98. The minimum Gasteiger partial charge on any atom is -0.481 e. The summed E-state index contributed by atoms with van der Waals surface area (Å²) < 4.78 is 5.62. The number of alkyl carbamates (subject to hydrolysis) is 1. The molecule has 3 aliphatic carbocycles. The van der Waals surface area contributed by atoms with Crippen LogP contribution in [0, 0.1) is 5.92 Å². The lowest BCUT2D eigenvalue weighted by Crippen LogP contribution is -2.44. The molecule has 0 aromatic heterocycles. The van der Waals surface area contributed by atoms with E-state index in [0.29, 0.717) is 12.8 Å². The topological polar surface area (TPSA) is 105 Å². The molecule has 0 radical (unpaired) electrons. The van der Waals surface area contributed by atoms with Gasteiger partial charge in [0.25, 0.3) is 0 Å². The Morgan fingerprint density at radius 3 is 2.15 bits per heavy atom. The molecular weight excluding hydrogens is 420 g/mol. The number of rotatable bonds is 9. The molecular formula is C26H28N2O5. The smallest absolute Gasteiger partial charge is 0.407 e. The molecule has 2 aromatic rings. The van der Waals surface area contributed by atoms with Gasteiger partial charge in [0.2, 0.25) is 5.91 Å². The summed E-state index contributed by atoms with van der Waals surface area (Å²) in [7, 11) is 0. The van der Waals surface area contributed by atoms with Gasteiger partial charge in [-0.05, 0) is 53.9 Å². The molecule has 3 N–H and O–H groups in total. The van der Waals surface area contributed by atoms with Gasteiger partial charge in [-0.2, -0.15) is 0 Å². The summed E-state index contributed by atoms with van der Waals surface area (Å²) in [5.74, 6) is -0.901. The van der Waals surface area contributed by atoms with Gasteiger partial charge in [-0.15, -0.1) is 0 Å². The molecule has 33 heavy (non-hydrogen) atoms. The number of ether oxygens (including phenoxy) is 1. The predicted molar refractivity (Wildman–Crippen MR) is 122 cm³/mol. The third kappa shape index (κ3) is 4.72. The standard InChI is InChI=1S/C26H28N2O5/c29-23(27-22(13-24(30)31)16-9-10-16)14-26(11-12-26)28-25(32)33-15-21-19-7-3-1-5-17(19)18-6-2-4-8-20(18)21/h1-8,16,21-22H,9-15H2,(H,27,29)(H,28,32)(H,30,31). The molecule has 0 aliphatic heterocycles. The molecule has 0 saturated heterocycles. The van der Waals surface area contributed by atoms with Crippen LogP contribution in [0.4, 0.5) is 4.79 Å². The first-order valence-corrected chi connectivity index (χ1v) is 11.6. The summed E-state index contributed by atoms with van der Waals surface area (Å²) in [4.78, 5) is 36.2. The number of aliphatic carboxylic acids is 1. The maximum Gasteiger partial charge on any atom is 0.407 e. The van der Waals surface area contributed by atoms with E-state index in [0.717, 1.165) is 24.0 Å². The number of carbonyl (C=O) groups is 3. The van der Waals surface area contributed by atoms with E-state index < -0.39 is 17.6 Å². The highest BCUT2D eigenvalue weighted by molar-refractivity contribution is 5.81. The molecule has 5 rings (SSSR count). The third-order valence-electron chi connectivity index (χ3n) is 7.00. The fraction of sp³-hybridized carbons (Fsp3) is 0.423. The first-order valence-electron chi connectivity index (χ1n) is 11.6. The second-order valence-corrected chi connectivity index (χ2v) is 9.52. The van der Waals surface area contributed by atoms with Crippen LogP contribution in [0.5, 0.6) is 0 Å². The number of amides is 2. The Bertz CT molecular complexity index is 1040. The summed E-state index contributed by atoms with van der Waals surface area (Å²) in [6.07, 6.45) is 2.85. The molecule has 0 spiro atoms. The first-order chi connectivity index (χ1) is 15.9. The van der Waals surface area contributed by atoms with E-state index in [9.17, 15) is 14.4 Å². The molecule has 1 unspecified atom stereocenters. The van der Waals surface area contributed by atoms with Gasteiger partial charge in [0, 0.05) is 18.4 Å². The summed E-state index contributed by atoms with van der Waals surface area (Å²) in [6, 6.07) is 16.0. The van der Waals surface area contributed by atoms with Crippen LogP contribution in [0.15, 0.2) is 48.5 Å². The Hall–Kier alpha value is -3.35. The number of nitrogens with one attached hydrogen (secondary N) is 2. The van der Waals surface area contributed by atoms with Crippen LogP contribution in [0.25, 0.3) is 11.1 Å². The highest BCUT2D eigenvalue weighted by Crippen LogP contribution is 2.45. The minimum atomic E-state index is -0.912. The molecule has 7 heteroatoms. The van der Waals surface area contributed by atoms with E-state index >= 15 is 0 Å². The van der Waals surface area contributed by atoms with E-state index in [1.807, 2.05) is 24.3 Å². The van der Waals surface area contributed by atoms with Crippen molar-refractivity contribution in [3.63, 3.8) is 0 Å². The van der Waals surface area contributed by atoms with Crippen molar-refractivity contribution in [1.82, 2.24) is 10.6 Å². The Morgan fingerprint density at radius 2 is 1.61 bits per heavy atom. The molecule has 1 atom stereocenters. The quantitative estimate of drug-likeness (QED) is 0.541. The predicted octanol–water partition coefficient (Wildman–Crippen LogP) is 3.82. The second-order valence-electron chi connectivity index (χ2n) is 9.52. The van der Waals surface area contributed by atoms with Crippen molar-refractivity contribution in [2.45, 2.75) is 56.0 Å². The average Bonchev–Trinajstić information content (AvgIpc) is 3.71. The van der Waals surface area contributed by atoms with Gasteiger partial charge in [0.05, 0.1) is 12.0 Å². The lowest BCUT2D eigenvalue weighted by Gasteiger charge is -2.21. The molecule has 7 nitrogen and oxygen atoms in total. The van der Waals surface area contributed by atoms with Crippen molar-refractivity contribution < 1.29 is 24.2 Å². The van der Waals surface area contributed by atoms with Gasteiger partial charge in [-0.25, -0.2) is 4.79 Å². The van der Waals surface area contributed by atoms with Crippen LogP contribution in [-0.2, 0) is 14.3 Å². The second kappa shape index (κ2) is 8.54. The van der Waals surface area contributed by atoms with Crippen molar-refractivity contribution in [3.05, 3.63) is 59.7 Å². The average molecular weight is 449 g/mol. The summed E-state index contributed by atoms with van der Waals surface area (Å²) in [5, 5.41) is 14.8.